The highest BCUT2D eigenvalue weighted by molar-refractivity contribution is 5.79. The van der Waals surface area contributed by atoms with Gasteiger partial charge in [0.05, 0.1) is 6.54 Å². The van der Waals surface area contributed by atoms with Crippen LogP contribution in [0.1, 0.15) is 34.1 Å². The van der Waals surface area contributed by atoms with Gasteiger partial charge < -0.3 is 14.5 Å². The second-order valence-electron chi connectivity index (χ2n) is 10.7. The van der Waals surface area contributed by atoms with Gasteiger partial charge in [0.2, 0.25) is 6.79 Å². The topological polar surface area (TPSA) is 101 Å². The van der Waals surface area contributed by atoms with Gasteiger partial charge >= 0.3 is 0 Å². The van der Waals surface area contributed by atoms with Crippen LogP contribution in [0.5, 0.6) is 11.5 Å². The van der Waals surface area contributed by atoms with E-state index in [2.05, 4.69) is 67.6 Å². The average molecular weight is 550 g/mol. The first-order valence-corrected chi connectivity index (χ1v) is 13.9. The van der Waals surface area contributed by atoms with Crippen LogP contribution in [0.2, 0.25) is 0 Å². The molecule has 1 N–H and O–H groups in total. The van der Waals surface area contributed by atoms with Gasteiger partial charge in [-0.15, -0.1) is 5.10 Å². The van der Waals surface area contributed by atoms with Crippen molar-refractivity contribution in [2.45, 2.75) is 26.1 Å². The van der Waals surface area contributed by atoms with E-state index in [1.807, 2.05) is 47.1 Å². The van der Waals surface area contributed by atoms with E-state index in [0.29, 0.717) is 17.9 Å². The fraction of sp³-hybridized carbons (Fsp3) is 0.290. The molecule has 41 heavy (non-hydrogen) atoms. The molecule has 4 heterocycles. The van der Waals surface area contributed by atoms with Crippen molar-refractivity contribution < 1.29 is 9.47 Å². The molecule has 0 amide bonds. The molecule has 2 aliphatic heterocycles. The molecular weight excluding hydrogens is 518 g/mol. The fourth-order valence-electron chi connectivity index (χ4n) is 5.80. The van der Waals surface area contributed by atoms with E-state index in [0.717, 1.165) is 66.3 Å². The van der Waals surface area contributed by atoms with Crippen LogP contribution < -0.4 is 15.0 Å². The Labute approximate surface area is 237 Å². The summed E-state index contributed by atoms with van der Waals surface area (Å²) in [7, 11) is 0. The lowest BCUT2D eigenvalue weighted by molar-refractivity contribution is 0.0998. The molecule has 2 aromatic heterocycles. The fourth-order valence-corrected chi connectivity index (χ4v) is 5.80. The monoisotopic (exact) mass is 549 g/mol. The maximum atomic E-state index is 13.6. The van der Waals surface area contributed by atoms with Crippen LogP contribution >= 0.6 is 0 Å². The number of hydrogen-bond donors (Lipinski definition) is 1. The molecule has 10 heteroatoms. The summed E-state index contributed by atoms with van der Waals surface area (Å²) in [5.74, 6) is 2.26. The first-order valence-electron chi connectivity index (χ1n) is 13.9. The van der Waals surface area contributed by atoms with E-state index < -0.39 is 6.04 Å². The lowest BCUT2D eigenvalue weighted by atomic mass is 10.0. The van der Waals surface area contributed by atoms with Gasteiger partial charge in [-0.2, -0.15) is 0 Å². The minimum Gasteiger partial charge on any atom is -0.454 e. The van der Waals surface area contributed by atoms with Crippen molar-refractivity contribution in [3.8, 4) is 11.5 Å². The molecule has 0 radical (unpaired) electrons. The molecule has 10 nitrogen and oxygen atoms in total. The van der Waals surface area contributed by atoms with Crippen molar-refractivity contribution in [2.24, 2.45) is 0 Å². The van der Waals surface area contributed by atoms with Crippen LogP contribution in [0, 0.1) is 6.92 Å². The van der Waals surface area contributed by atoms with Gasteiger partial charge in [-0.3, -0.25) is 14.6 Å². The number of ether oxygens (including phenoxy) is 2. The van der Waals surface area contributed by atoms with Crippen molar-refractivity contribution in [1.82, 2.24) is 35.0 Å². The number of piperazine rings is 1. The first-order chi connectivity index (χ1) is 20.1. The number of fused-ring (bicyclic) bond motifs is 2. The molecule has 1 atom stereocenters. The van der Waals surface area contributed by atoms with Crippen LogP contribution in [-0.4, -0.2) is 68.0 Å². The van der Waals surface area contributed by atoms with Crippen molar-refractivity contribution in [3.05, 3.63) is 111 Å². The maximum Gasteiger partial charge on any atom is 0.253 e. The minimum absolute atomic E-state index is 0.122. The Bertz CT molecular complexity index is 1740. The third-order valence-electron chi connectivity index (χ3n) is 7.92. The summed E-state index contributed by atoms with van der Waals surface area (Å²) < 4.78 is 12.8. The lowest BCUT2D eigenvalue weighted by Gasteiger charge is -2.38. The summed E-state index contributed by atoms with van der Waals surface area (Å²) in [6.45, 7) is 6.88. The zero-order valence-electron chi connectivity index (χ0n) is 22.9. The summed E-state index contributed by atoms with van der Waals surface area (Å²) in [4.78, 5) is 21.4. The Balaban J connectivity index is 1.19. The Kier molecular flexibility index (Phi) is 6.69. The van der Waals surface area contributed by atoms with E-state index in [1.54, 1.807) is 0 Å². The lowest BCUT2D eigenvalue weighted by Crippen LogP contribution is -2.48. The quantitative estimate of drug-likeness (QED) is 0.329. The van der Waals surface area contributed by atoms with Crippen LogP contribution in [0.15, 0.2) is 77.6 Å². The maximum absolute atomic E-state index is 13.6. The number of nitrogens with one attached hydrogen (secondary N) is 1. The average Bonchev–Trinajstić information content (AvgIpc) is 3.64. The molecule has 5 aromatic rings. The Morgan fingerprint density at radius 1 is 0.878 bits per heavy atom. The standard InChI is InChI=1S/C31H31N7O3/c1-21-7-9-26-24(15-21)17-25(31(39)32-26)29(30-33-34-35-38(30)19-22-5-3-2-4-6-22)37-13-11-36(12-14-37)18-23-8-10-27-28(16-23)41-20-40-27/h2-10,15-17,29H,11-14,18-20H2,1H3,(H,32,39). The number of aryl methyl sites for hydroxylation is 1. The van der Waals surface area contributed by atoms with E-state index >= 15 is 0 Å². The van der Waals surface area contributed by atoms with Gasteiger partial charge in [-0.25, -0.2) is 4.68 Å². The zero-order valence-corrected chi connectivity index (χ0v) is 22.9. The van der Waals surface area contributed by atoms with Gasteiger partial charge in [-0.05, 0) is 64.2 Å². The number of benzene rings is 3. The zero-order chi connectivity index (χ0) is 27.8. The van der Waals surface area contributed by atoms with Crippen molar-refractivity contribution in [2.75, 3.05) is 33.0 Å². The molecule has 0 aliphatic carbocycles. The third kappa shape index (κ3) is 5.19. The number of nitrogens with zero attached hydrogens (tertiary/aromatic N) is 6. The normalized spacial score (nSPS) is 16.3. The predicted octanol–water partition coefficient (Wildman–Crippen LogP) is 3.51. The van der Waals surface area contributed by atoms with E-state index in [9.17, 15) is 4.79 Å². The highest BCUT2D eigenvalue weighted by Gasteiger charge is 2.33. The van der Waals surface area contributed by atoms with E-state index in [1.165, 1.54) is 5.56 Å². The third-order valence-corrected chi connectivity index (χ3v) is 7.92. The smallest absolute Gasteiger partial charge is 0.253 e. The Morgan fingerprint density at radius 2 is 1.71 bits per heavy atom. The summed E-state index contributed by atoms with van der Waals surface area (Å²) in [6.07, 6.45) is 0. The number of aromatic nitrogens is 5. The number of hydrogen-bond acceptors (Lipinski definition) is 8. The minimum atomic E-state index is -0.393. The molecule has 2 aliphatic rings. The van der Waals surface area contributed by atoms with Crippen LogP contribution in [0.4, 0.5) is 0 Å². The van der Waals surface area contributed by atoms with Crippen LogP contribution in [0.3, 0.4) is 0 Å². The highest BCUT2D eigenvalue weighted by Crippen LogP contribution is 2.33. The van der Waals surface area contributed by atoms with Gasteiger partial charge in [0.25, 0.3) is 5.56 Å². The predicted molar refractivity (Wildman–Crippen MR) is 154 cm³/mol. The van der Waals surface area contributed by atoms with Gasteiger partial charge in [0.15, 0.2) is 17.3 Å². The number of pyridine rings is 1. The second-order valence-corrected chi connectivity index (χ2v) is 10.7. The number of H-pyrrole nitrogens is 1. The largest absolute Gasteiger partial charge is 0.454 e. The molecule has 7 rings (SSSR count). The molecule has 1 unspecified atom stereocenters. The highest BCUT2D eigenvalue weighted by atomic mass is 16.7. The van der Waals surface area contributed by atoms with Gasteiger partial charge in [0, 0.05) is 43.8 Å². The number of rotatable bonds is 7. The molecule has 3 aromatic carbocycles. The van der Waals surface area contributed by atoms with Crippen LogP contribution in [0.25, 0.3) is 10.9 Å². The Morgan fingerprint density at radius 3 is 2.56 bits per heavy atom. The van der Waals surface area contributed by atoms with E-state index in [-0.39, 0.29) is 12.4 Å². The molecular formula is C31H31N7O3. The second kappa shape index (κ2) is 10.8. The summed E-state index contributed by atoms with van der Waals surface area (Å²) in [5, 5.41) is 13.9. The summed E-state index contributed by atoms with van der Waals surface area (Å²) in [6, 6.07) is 23.9. The molecule has 0 bridgehead atoms. The van der Waals surface area contributed by atoms with E-state index in [4.69, 9.17) is 9.47 Å². The first kappa shape index (κ1) is 25.4. The number of tetrazole rings is 1. The SMILES string of the molecule is Cc1ccc2[nH]c(=O)c(C(c3nnnn3Cc3ccccc3)N3CCN(Cc4ccc5c(c4)OCO5)CC3)cc2c1. The van der Waals surface area contributed by atoms with Crippen molar-refractivity contribution >= 4 is 10.9 Å². The van der Waals surface area contributed by atoms with Gasteiger partial charge in [-0.1, -0.05) is 48.0 Å². The number of aromatic amines is 1. The van der Waals surface area contributed by atoms with Crippen molar-refractivity contribution in [3.63, 3.8) is 0 Å². The molecule has 1 saturated heterocycles. The van der Waals surface area contributed by atoms with Crippen LogP contribution in [-0.2, 0) is 13.1 Å². The molecule has 1 fully saturated rings. The summed E-state index contributed by atoms with van der Waals surface area (Å²) in [5.41, 5.74) is 4.77. The van der Waals surface area contributed by atoms with Crippen molar-refractivity contribution in [1.29, 1.82) is 0 Å². The van der Waals surface area contributed by atoms with Gasteiger partial charge in [0.1, 0.15) is 6.04 Å². The summed E-state index contributed by atoms with van der Waals surface area (Å²) >= 11 is 0. The molecule has 0 spiro atoms. The molecule has 208 valence electrons. The Hall–Kier alpha value is -4.54. The molecule has 0 saturated carbocycles.